The van der Waals surface area contributed by atoms with Gasteiger partial charge in [-0.1, -0.05) is 25.1 Å². The highest BCUT2D eigenvalue weighted by atomic mass is 32.2. The van der Waals surface area contributed by atoms with Gasteiger partial charge in [0.1, 0.15) is 11.6 Å². The van der Waals surface area contributed by atoms with Gasteiger partial charge in [-0.25, -0.2) is 4.39 Å². The Labute approximate surface area is 135 Å². The first kappa shape index (κ1) is 17.3. The Morgan fingerprint density at radius 1 is 1.43 bits per heavy atom. The molecule has 2 rings (SSSR count). The molecule has 0 radical (unpaired) electrons. The molecule has 0 bridgehead atoms. The van der Waals surface area contributed by atoms with Crippen LogP contribution in [0.1, 0.15) is 25.6 Å². The van der Waals surface area contributed by atoms with Gasteiger partial charge in [0, 0.05) is 22.9 Å². The third kappa shape index (κ3) is 5.90. The van der Waals surface area contributed by atoms with E-state index in [4.69, 9.17) is 4.52 Å². The van der Waals surface area contributed by atoms with Gasteiger partial charge in [0.25, 0.3) is 0 Å². The lowest BCUT2D eigenvalue weighted by molar-refractivity contribution is -0.113. The molecule has 23 heavy (non-hydrogen) atoms. The number of hydrogen-bond donors (Lipinski definition) is 1. The van der Waals surface area contributed by atoms with E-state index < -0.39 is 22.5 Å². The summed E-state index contributed by atoms with van der Waals surface area (Å²) < 4.78 is 30.0. The first-order valence-electron chi connectivity index (χ1n) is 7.14. The van der Waals surface area contributed by atoms with Gasteiger partial charge in [-0.2, -0.15) is 4.98 Å². The number of aromatic nitrogens is 2. The molecule has 0 aliphatic heterocycles. The van der Waals surface area contributed by atoms with Crippen molar-refractivity contribution in [1.29, 1.82) is 0 Å². The molecule has 0 saturated carbocycles. The van der Waals surface area contributed by atoms with E-state index in [1.54, 1.807) is 6.07 Å². The number of halogens is 1. The summed E-state index contributed by atoms with van der Waals surface area (Å²) in [6, 6.07) is 5.51. The van der Waals surface area contributed by atoms with E-state index in [2.05, 4.69) is 15.5 Å². The second kappa shape index (κ2) is 7.96. The standard InChI is InChI=1S/C15H18FN3O3S/c1-10(2)6-15-18-13(19-22-15)8-23(21)9-14(20)17-12-5-3-4-11(16)7-12/h3-5,7,10H,6,8-9H2,1-2H3,(H,17,20)/t23-/m0/s1. The number of nitrogens with one attached hydrogen (secondary N) is 1. The Kier molecular flexibility index (Phi) is 5.97. The number of carbonyl (C=O) groups excluding carboxylic acids is 1. The minimum atomic E-state index is -1.47. The molecule has 1 aromatic carbocycles. The van der Waals surface area contributed by atoms with Gasteiger partial charge < -0.3 is 9.84 Å². The molecule has 2 aromatic rings. The summed E-state index contributed by atoms with van der Waals surface area (Å²) in [6.45, 7) is 4.05. The van der Waals surface area contributed by atoms with Crippen molar-refractivity contribution in [3.05, 3.63) is 41.8 Å². The second-order valence-electron chi connectivity index (χ2n) is 5.49. The Balaban J connectivity index is 1.84. The summed E-state index contributed by atoms with van der Waals surface area (Å²) in [5.41, 5.74) is 0.325. The van der Waals surface area contributed by atoms with Gasteiger partial charge in [0.2, 0.25) is 11.8 Å². The molecule has 1 amide bonds. The normalized spacial score (nSPS) is 12.3. The molecular weight excluding hydrogens is 321 g/mol. The lowest BCUT2D eigenvalue weighted by Crippen LogP contribution is -2.20. The zero-order valence-corrected chi connectivity index (χ0v) is 13.7. The van der Waals surface area contributed by atoms with Crippen LogP contribution < -0.4 is 5.32 Å². The van der Waals surface area contributed by atoms with Gasteiger partial charge in [-0.15, -0.1) is 0 Å². The number of anilines is 1. The first-order valence-corrected chi connectivity index (χ1v) is 8.63. The van der Waals surface area contributed by atoms with Crippen LogP contribution in [0.5, 0.6) is 0 Å². The highest BCUT2D eigenvalue weighted by molar-refractivity contribution is 7.84. The Bertz CT molecular complexity index is 703. The van der Waals surface area contributed by atoms with E-state index in [1.807, 2.05) is 13.8 Å². The van der Waals surface area contributed by atoms with Crippen molar-refractivity contribution < 1.29 is 17.9 Å². The highest BCUT2D eigenvalue weighted by Gasteiger charge is 2.14. The summed E-state index contributed by atoms with van der Waals surface area (Å²) in [4.78, 5) is 15.9. The predicted molar refractivity (Wildman–Crippen MR) is 84.6 cm³/mol. The molecule has 0 unspecified atom stereocenters. The zero-order chi connectivity index (χ0) is 16.8. The molecule has 1 aromatic heterocycles. The fourth-order valence-corrected chi connectivity index (χ4v) is 2.76. The Morgan fingerprint density at radius 2 is 2.22 bits per heavy atom. The molecule has 0 saturated heterocycles. The van der Waals surface area contributed by atoms with Crippen molar-refractivity contribution in [2.24, 2.45) is 5.92 Å². The molecule has 124 valence electrons. The van der Waals surface area contributed by atoms with E-state index in [1.165, 1.54) is 18.2 Å². The van der Waals surface area contributed by atoms with Crippen molar-refractivity contribution >= 4 is 22.4 Å². The third-order valence-corrected chi connectivity index (χ3v) is 3.95. The molecule has 6 nitrogen and oxygen atoms in total. The maximum absolute atomic E-state index is 13.0. The number of hydrogen-bond acceptors (Lipinski definition) is 5. The zero-order valence-electron chi connectivity index (χ0n) is 12.9. The van der Waals surface area contributed by atoms with E-state index in [0.29, 0.717) is 29.7 Å². The SMILES string of the molecule is CC(C)Cc1nc(C[S@](=O)CC(=O)Nc2cccc(F)c2)no1. The molecule has 1 N–H and O–H groups in total. The van der Waals surface area contributed by atoms with E-state index >= 15 is 0 Å². The largest absolute Gasteiger partial charge is 0.339 e. The number of amides is 1. The van der Waals surface area contributed by atoms with Crippen molar-refractivity contribution in [1.82, 2.24) is 10.1 Å². The summed E-state index contributed by atoms with van der Waals surface area (Å²) in [7, 11) is -1.47. The van der Waals surface area contributed by atoms with Crippen LogP contribution in [0.2, 0.25) is 0 Å². The number of nitrogens with zero attached hydrogens (tertiary/aromatic N) is 2. The van der Waals surface area contributed by atoms with Crippen LogP contribution in [0.3, 0.4) is 0 Å². The summed E-state index contributed by atoms with van der Waals surface area (Å²) in [5.74, 6) is 0.107. The van der Waals surface area contributed by atoms with Crippen LogP contribution >= 0.6 is 0 Å². The minimum absolute atomic E-state index is 0.0398. The summed E-state index contributed by atoms with van der Waals surface area (Å²) in [5, 5.41) is 6.25. The topological polar surface area (TPSA) is 85.1 Å². The maximum atomic E-state index is 13.0. The van der Waals surface area contributed by atoms with Crippen LogP contribution in [0.25, 0.3) is 0 Å². The second-order valence-corrected chi connectivity index (χ2v) is 6.95. The first-order chi connectivity index (χ1) is 10.9. The van der Waals surface area contributed by atoms with Crippen molar-refractivity contribution in [3.8, 4) is 0 Å². The molecule has 0 aliphatic carbocycles. The van der Waals surface area contributed by atoms with E-state index in [-0.39, 0.29) is 11.5 Å². The summed E-state index contributed by atoms with van der Waals surface area (Å²) in [6.07, 6.45) is 0.652. The predicted octanol–water partition coefficient (Wildman–Crippen LogP) is 2.29. The molecular formula is C15H18FN3O3S. The van der Waals surface area contributed by atoms with Crippen molar-refractivity contribution in [2.75, 3.05) is 11.1 Å². The Hall–Kier alpha value is -2.09. The molecule has 0 aliphatic rings. The maximum Gasteiger partial charge on any atom is 0.237 e. The van der Waals surface area contributed by atoms with E-state index in [9.17, 15) is 13.4 Å². The van der Waals surface area contributed by atoms with Crippen molar-refractivity contribution in [3.63, 3.8) is 0 Å². The fourth-order valence-electron chi connectivity index (χ4n) is 1.89. The van der Waals surface area contributed by atoms with Crippen LogP contribution in [-0.2, 0) is 27.8 Å². The van der Waals surface area contributed by atoms with Gasteiger partial charge in [0.15, 0.2) is 5.82 Å². The average Bonchev–Trinajstić information content (AvgIpc) is 2.84. The highest BCUT2D eigenvalue weighted by Crippen LogP contribution is 2.10. The molecule has 8 heteroatoms. The monoisotopic (exact) mass is 339 g/mol. The van der Waals surface area contributed by atoms with Gasteiger partial charge >= 0.3 is 0 Å². The van der Waals surface area contributed by atoms with Crippen LogP contribution in [0.4, 0.5) is 10.1 Å². The molecule has 0 fully saturated rings. The van der Waals surface area contributed by atoms with Crippen molar-refractivity contribution in [2.45, 2.75) is 26.0 Å². The average molecular weight is 339 g/mol. The lowest BCUT2D eigenvalue weighted by Gasteiger charge is -2.04. The quantitative estimate of drug-likeness (QED) is 0.836. The number of benzene rings is 1. The van der Waals surface area contributed by atoms with Crippen LogP contribution in [0, 0.1) is 11.7 Å². The smallest absolute Gasteiger partial charge is 0.237 e. The van der Waals surface area contributed by atoms with E-state index in [0.717, 1.165) is 0 Å². The molecule has 0 spiro atoms. The van der Waals surface area contributed by atoms with Crippen LogP contribution in [0.15, 0.2) is 28.8 Å². The van der Waals surface area contributed by atoms with Crippen LogP contribution in [-0.4, -0.2) is 26.0 Å². The number of carbonyl (C=O) groups is 1. The fraction of sp³-hybridized carbons (Fsp3) is 0.400. The number of rotatable bonds is 7. The minimum Gasteiger partial charge on any atom is -0.339 e. The molecule has 1 atom stereocenters. The lowest BCUT2D eigenvalue weighted by atomic mass is 10.1. The van der Waals surface area contributed by atoms with Gasteiger partial charge in [-0.3, -0.25) is 9.00 Å². The Morgan fingerprint density at radius 3 is 2.91 bits per heavy atom. The third-order valence-electron chi connectivity index (χ3n) is 2.78. The summed E-state index contributed by atoms with van der Waals surface area (Å²) >= 11 is 0. The molecule has 1 heterocycles. The van der Waals surface area contributed by atoms with Gasteiger partial charge in [-0.05, 0) is 24.1 Å². The van der Waals surface area contributed by atoms with Gasteiger partial charge in [0.05, 0.1) is 5.75 Å².